The monoisotopic (exact) mass is 205 g/mol. The van der Waals surface area contributed by atoms with Gasteiger partial charge in [0.15, 0.2) is 0 Å². The number of carbonyl (C=O) groups is 1. The van der Waals surface area contributed by atoms with Crippen LogP contribution in [-0.4, -0.2) is 19.0 Å². The Morgan fingerprint density at radius 1 is 1.40 bits per heavy atom. The number of primary amides is 1. The SMILES string of the molecule is NC(=O)C1CCN(c2ccccc2N)C1. The van der Waals surface area contributed by atoms with Crippen LogP contribution in [0.3, 0.4) is 0 Å². The summed E-state index contributed by atoms with van der Waals surface area (Å²) in [4.78, 5) is 13.1. The Bertz CT molecular complexity index is 378. The molecule has 1 unspecified atom stereocenters. The summed E-state index contributed by atoms with van der Waals surface area (Å²) in [5, 5.41) is 0. The van der Waals surface area contributed by atoms with Crippen LogP contribution in [-0.2, 0) is 4.79 Å². The van der Waals surface area contributed by atoms with Crippen molar-refractivity contribution in [2.24, 2.45) is 11.7 Å². The van der Waals surface area contributed by atoms with Gasteiger partial charge in [-0.25, -0.2) is 0 Å². The van der Waals surface area contributed by atoms with Crippen molar-refractivity contribution in [1.29, 1.82) is 0 Å². The van der Waals surface area contributed by atoms with Gasteiger partial charge in [-0.2, -0.15) is 0 Å². The number of nitrogen functional groups attached to an aromatic ring is 1. The Balaban J connectivity index is 2.14. The summed E-state index contributed by atoms with van der Waals surface area (Å²) in [7, 11) is 0. The molecule has 4 heteroatoms. The molecule has 1 amide bonds. The molecule has 4 N–H and O–H groups in total. The predicted octanol–water partition coefficient (Wildman–Crippen LogP) is 0.580. The van der Waals surface area contributed by atoms with Gasteiger partial charge in [0, 0.05) is 13.1 Å². The number of carbonyl (C=O) groups excluding carboxylic acids is 1. The molecule has 0 aromatic heterocycles. The predicted molar refractivity (Wildman–Crippen MR) is 60.4 cm³/mol. The van der Waals surface area contributed by atoms with Gasteiger partial charge in [0.25, 0.3) is 0 Å². The lowest BCUT2D eigenvalue weighted by atomic mass is 10.1. The van der Waals surface area contributed by atoms with Crippen molar-refractivity contribution < 1.29 is 4.79 Å². The summed E-state index contributed by atoms with van der Waals surface area (Å²) in [5.74, 6) is -0.253. The van der Waals surface area contributed by atoms with E-state index in [-0.39, 0.29) is 11.8 Å². The first-order valence-electron chi connectivity index (χ1n) is 5.07. The Morgan fingerprint density at radius 2 is 2.13 bits per heavy atom. The van der Waals surface area contributed by atoms with Crippen molar-refractivity contribution >= 4 is 17.3 Å². The molecule has 0 bridgehead atoms. The van der Waals surface area contributed by atoms with Crippen molar-refractivity contribution in [1.82, 2.24) is 0 Å². The lowest BCUT2D eigenvalue weighted by Gasteiger charge is -2.19. The molecule has 1 aromatic carbocycles. The number of para-hydroxylation sites is 2. The second-order valence-electron chi connectivity index (χ2n) is 3.89. The fourth-order valence-electron chi connectivity index (χ4n) is 1.99. The molecule has 80 valence electrons. The summed E-state index contributed by atoms with van der Waals surface area (Å²) < 4.78 is 0. The molecule has 1 atom stereocenters. The molecule has 0 spiro atoms. The minimum atomic E-state index is -0.216. The zero-order valence-corrected chi connectivity index (χ0v) is 8.52. The fraction of sp³-hybridized carbons (Fsp3) is 0.364. The van der Waals surface area contributed by atoms with Crippen LogP contribution in [0.15, 0.2) is 24.3 Å². The highest BCUT2D eigenvalue weighted by Gasteiger charge is 2.27. The third kappa shape index (κ3) is 1.88. The van der Waals surface area contributed by atoms with Gasteiger partial charge >= 0.3 is 0 Å². The molecular weight excluding hydrogens is 190 g/mol. The Morgan fingerprint density at radius 3 is 2.73 bits per heavy atom. The second-order valence-corrected chi connectivity index (χ2v) is 3.89. The van der Waals surface area contributed by atoms with E-state index in [1.807, 2.05) is 24.3 Å². The van der Waals surface area contributed by atoms with Crippen LogP contribution in [0.2, 0.25) is 0 Å². The van der Waals surface area contributed by atoms with Gasteiger partial charge in [-0.15, -0.1) is 0 Å². The number of nitrogens with two attached hydrogens (primary N) is 2. The first kappa shape index (κ1) is 9.83. The Kier molecular flexibility index (Phi) is 2.49. The quantitative estimate of drug-likeness (QED) is 0.694. The summed E-state index contributed by atoms with van der Waals surface area (Å²) in [6, 6.07) is 7.69. The van der Waals surface area contributed by atoms with Crippen LogP contribution in [0.1, 0.15) is 6.42 Å². The van der Waals surface area contributed by atoms with E-state index < -0.39 is 0 Å². The highest BCUT2D eigenvalue weighted by molar-refractivity contribution is 5.79. The molecule has 0 saturated carbocycles. The summed E-state index contributed by atoms with van der Waals surface area (Å²) in [5.41, 5.74) is 12.9. The highest BCUT2D eigenvalue weighted by atomic mass is 16.1. The van der Waals surface area contributed by atoms with Crippen molar-refractivity contribution in [3.05, 3.63) is 24.3 Å². The van der Waals surface area contributed by atoms with Crippen LogP contribution in [0, 0.1) is 5.92 Å². The molecule has 1 saturated heterocycles. The van der Waals surface area contributed by atoms with Crippen LogP contribution in [0.25, 0.3) is 0 Å². The van der Waals surface area contributed by atoms with E-state index in [4.69, 9.17) is 11.5 Å². The standard InChI is InChI=1S/C11H15N3O/c12-9-3-1-2-4-10(9)14-6-5-8(7-14)11(13)15/h1-4,8H,5-7,12H2,(H2,13,15). The molecule has 15 heavy (non-hydrogen) atoms. The van der Waals surface area contributed by atoms with E-state index in [1.54, 1.807) is 0 Å². The number of amides is 1. The average Bonchev–Trinajstić information content (AvgIpc) is 2.67. The maximum Gasteiger partial charge on any atom is 0.222 e. The number of hydrogen-bond acceptors (Lipinski definition) is 3. The second kappa shape index (κ2) is 3.81. The maximum atomic E-state index is 11.0. The lowest BCUT2D eigenvalue weighted by molar-refractivity contribution is -0.121. The largest absolute Gasteiger partial charge is 0.397 e. The number of benzene rings is 1. The molecule has 1 aliphatic rings. The van der Waals surface area contributed by atoms with Crippen molar-refractivity contribution in [3.63, 3.8) is 0 Å². The van der Waals surface area contributed by atoms with E-state index in [2.05, 4.69) is 4.90 Å². The van der Waals surface area contributed by atoms with Gasteiger partial charge in [-0.1, -0.05) is 12.1 Å². The fourth-order valence-corrected chi connectivity index (χ4v) is 1.99. The minimum Gasteiger partial charge on any atom is -0.397 e. The maximum absolute atomic E-state index is 11.0. The van der Waals surface area contributed by atoms with E-state index in [0.717, 1.165) is 24.3 Å². The molecule has 1 aromatic rings. The van der Waals surface area contributed by atoms with Gasteiger partial charge in [0.2, 0.25) is 5.91 Å². The Labute approximate surface area is 88.9 Å². The molecule has 1 aliphatic heterocycles. The zero-order chi connectivity index (χ0) is 10.8. The lowest BCUT2D eigenvalue weighted by Crippen LogP contribution is -2.27. The number of hydrogen-bond donors (Lipinski definition) is 2. The summed E-state index contributed by atoms with van der Waals surface area (Å²) in [6.07, 6.45) is 0.823. The van der Waals surface area contributed by atoms with Crippen LogP contribution in [0.4, 0.5) is 11.4 Å². The smallest absolute Gasteiger partial charge is 0.222 e. The first-order chi connectivity index (χ1) is 7.18. The first-order valence-corrected chi connectivity index (χ1v) is 5.07. The minimum absolute atomic E-state index is 0.0374. The molecule has 4 nitrogen and oxygen atoms in total. The van der Waals surface area contributed by atoms with Crippen molar-refractivity contribution in [2.75, 3.05) is 23.7 Å². The summed E-state index contributed by atoms with van der Waals surface area (Å²) in [6.45, 7) is 1.53. The molecule has 2 rings (SSSR count). The normalized spacial score (nSPS) is 20.5. The Hall–Kier alpha value is -1.71. The van der Waals surface area contributed by atoms with Gasteiger partial charge < -0.3 is 16.4 Å². The highest BCUT2D eigenvalue weighted by Crippen LogP contribution is 2.28. The number of rotatable bonds is 2. The van der Waals surface area contributed by atoms with E-state index in [1.165, 1.54) is 0 Å². The van der Waals surface area contributed by atoms with E-state index in [9.17, 15) is 4.79 Å². The summed E-state index contributed by atoms with van der Waals surface area (Å²) >= 11 is 0. The van der Waals surface area contributed by atoms with Crippen molar-refractivity contribution in [2.45, 2.75) is 6.42 Å². The van der Waals surface area contributed by atoms with E-state index in [0.29, 0.717) is 6.54 Å². The van der Waals surface area contributed by atoms with Crippen LogP contribution < -0.4 is 16.4 Å². The third-order valence-electron chi connectivity index (χ3n) is 2.87. The molecule has 1 fully saturated rings. The zero-order valence-electron chi connectivity index (χ0n) is 8.52. The number of anilines is 2. The molecule has 0 radical (unpaired) electrons. The average molecular weight is 205 g/mol. The van der Waals surface area contributed by atoms with Crippen molar-refractivity contribution in [3.8, 4) is 0 Å². The van der Waals surface area contributed by atoms with Gasteiger partial charge in [0.05, 0.1) is 17.3 Å². The third-order valence-corrected chi connectivity index (χ3v) is 2.87. The van der Waals surface area contributed by atoms with Gasteiger partial charge in [-0.3, -0.25) is 4.79 Å². The van der Waals surface area contributed by atoms with Crippen LogP contribution >= 0.6 is 0 Å². The van der Waals surface area contributed by atoms with E-state index >= 15 is 0 Å². The van der Waals surface area contributed by atoms with Gasteiger partial charge in [-0.05, 0) is 18.6 Å². The molecule has 0 aliphatic carbocycles. The number of nitrogens with zero attached hydrogens (tertiary/aromatic N) is 1. The van der Waals surface area contributed by atoms with Crippen LogP contribution in [0.5, 0.6) is 0 Å². The topological polar surface area (TPSA) is 72.4 Å². The molecule has 1 heterocycles. The van der Waals surface area contributed by atoms with Gasteiger partial charge in [0.1, 0.15) is 0 Å². The molecular formula is C11H15N3O.